The van der Waals surface area contributed by atoms with Gasteiger partial charge in [-0.2, -0.15) is 0 Å². The van der Waals surface area contributed by atoms with Crippen LogP contribution in [0.2, 0.25) is 0 Å². The third-order valence-corrected chi connectivity index (χ3v) is 3.84. The van der Waals surface area contributed by atoms with Crippen LogP contribution in [0.4, 0.5) is 10.6 Å². The van der Waals surface area contributed by atoms with E-state index in [1.54, 1.807) is 11.1 Å². The highest BCUT2D eigenvalue weighted by Gasteiger charge is 2.26. The second-order valence-electron chi connectivity index (χ2n) is 6.97. The normalized spacial score (nSPS) is 15.5. The topological polar surface area (TPSA) is 106 Å². The number of primary amides is 1. The van der Waals surface area contributed by atoms with Crippen LogP contribution in [-0.2, 0) is 4.74 Å². The standard InChI is InChI=1S/C16H22N6O3/c1-16(2,3)25-15(24)21-6-4-20(5-7-21)13-8-12-18-9-11(14(17)23)10-22(12)19-13/h8-10H,4-7H2,1-3H3,(H2,17,23). The SMILES string of the molecule is CC(C)(C)OC(=O)N1CCN(c2cc3ncc(C(N)=O)cn3n2)CC1. The number of amides is 2. The fraction of sp³-hybridized carbons (Fsp3) is 0.500. The molecule has 2 aromatic rings. The number of aromatic nitrogens is 3. The Morgan fingerprint density at radius 2 is 1.88 bits per heavy atom. The maximum absolute atomic E-state index is 12.1. The van der Waals surface area contributed by atoms with Crippen LogP contribution in [0.3, 0.4) is 0 Å². The molecule has 3 rings (SSSR count). The predicted molar refractivity (Wildman–Crippen MR) is 91.5 cm³/mol. The molecule has 2 N–H and O–H groups in total. The number of carbonyl (C=O) groups is 2. The van der Waals surface area contributed by atoms with Crippen LogP contribution in [0.15, 0.2) is 18.5 Å². The average Bonchev–Trinajstić information content (AvgIpc) is 2.96. The molecule has 9 heteroatoms. The molecule has 2 amide bonds. The van der Waals surface area contributed by atoms with Crippen molar-refractivity contribution in [3.8, 4) is 0 Å². The van der Waals surface area contributed by atoms with E-state index in [2.05, 4.69) is 15.0 Å². The van der Waals surface area contributed by atoms with Crippen molar-refractivity contribution < 1.29 is 14.3 Å². The van der Waals surface area contributed by atoms with E-state index in [1.165, 1.54) is 10.7 Å². The van der Waals surface area contributed by atoms with Gasteiger partial charge >= 0.3 is 6.09 Å². The van der Waals surface area contributed by atoms with Gasteiger partial charge < -0.3 is 20.3 Å². The third-order valence-electron chi connectivity index (χ3n) is 3.84. The molecule has 134 valence electrons. The minimum atomic E-state index is -0.544. The summed E-state index contributed by atoms with van der Waals surface area (Å²) in [5, 5.41) is 4.45. The summed E-state index contributed by atoms with van der Waals surface area (Å²) in [6.45, 7) is 7.96. The second kappa shape index (κ2) is 6.23. The maximum Gasteiger partial charge on any atom is 0.410 e. The second-order valence-corrected chi connectivity index (χ2v) is 6.97. The molecule has 0 bridgehead atoms. The van der Waals surface area contributed by atoms with Crippen LogP contribution in [0, 0.1) is 0 Å². The van der Waals surface area contributed by atoms with Crippen LogP contribution in [0.5, 0.6) is 0 Å². The van der Waals surface area contributed by atoms with Gasteiger partial charge in [-0.25, -0.2) is 14.3 Å². The molecule has 0 unspecified atom stereocenters. The highest BCUT2D eigenvalue weighted by atomic mass is 16.6. The van der Waals surface area contributed by atoms with E-state index >= 15 is 0 Å². The van der Waals surface area contributed by atoms with Gasteiger partial charge in [0.2, 0.25) is 0 Å². The maximum atomic E-state index is 12.1. The zero-order valence-corrected chi connectivity index (χ0v) is 14.6. The zero-order valence-electron chi connectivity index (χ0n) is 14.6. The Labute approximate surface area is 145 Å². The van der Waals surface area contributed by atoms with Crippen molar-refractivity contribution in [3.05, 3.63) is 24.0 Å². The number of nitrogens with two attached hydrogens (primary N) is 1. The Balaban J connectivity index is 1.67. The van der Waals surface area contributed by atoms with E-state index in [9.17, 15) is 9.59 Å². The highest BCUT2D eigenvalue weighted by molar-refractivity contribution is 5.92. The predicted octanol–water partition coefficient (Wildman–Crippen LogP) is 0.885. The Morgan fingerprint density at radius 1 is 1.20 bits per heavy atom. The lowest BCUT2D eigenvalue weighted by molar-refractivity contribution is 0.0240. The molecular formula is C16H22N6O3. The third kappa shape index (κ3) is 3.81. The number of anilines is 1. The zero-order chi connectivity index (χ0) is 18.2. The van der Waals surface area contributed by atoms with Crippen molar-refractivity contribution >= 4 is 23.5 Å². The monoisotopic (exact) mass is 346 g/mol. The quantitative estimate of drug-likeness (QED) is 0.865. The number of hydrogen-bond acceptors (Lipinski definition) is 6. The largest absolute Gasteiger partial charge is 0.444 e. The summed E-state index contributed by atoms with van der Waals surface area (Å²) in [6, 6.07) is 1.84. The Bertz CT molecular complexity index is 802. The van der Waals surface area contributed by atoms with E-state index in [0.29, 0.717) is 37.4 Å². The molecule has 1 saturated heterocycles. The first-order valence-corrected chi connectivity index (χ1v) is 8.11. The lowest BCUT2D eigenvalue weighted by Gasteiger charge is -2.35. The fourth-order valence-corrected chi connectivity index (χ4v) is 2.59. The summed E-state index contributed by atoms with van der Waals surface area (Å²) in [5.74, 6) is 0.204. The number of hydrogen-bond donors (Lipinski definition) is 1. The van der Waals surface area contributed by atoms with Crippen molar-refractivity contribution in [2.75, 3.05) is 31.1 Å². The molecule has 25 heavy (non-hydrogen) atoms. The molecule has 0 spiro atoms. The van der Waals surface area contributed by atoms with E-state index in [4.69, 9.17) is 10.5 Å². The van der Waals surface area contributed by atoms with Gasteiger partial charge in [-0.05, 0) is 20.8 Å². The molecule has 1 aliphatic rings. The summed E-state index contributed by atoms with van der Waals surface area (Å²) < 4.78 is 6.93. The van der Waals surface area contributed by atoms with Gasteiger partial charge in [-0.1, -0.05) is 0 Å². The summed E-state index contributed by atoms with van der Waals surface area (Å²) in [7, 11) is 0. The average molecular weight is 346 g/mol. The van der Waals surface area contributed by atoms with E-state index in [0.717, 1.165) is 5.82 Å². The number of carbonyl (C=O) groups excluding carboxylic acids is 2. The van der Waals surface area contributed by atoms with Crippen molar-refractivity contribution in [2.45, 2.75) is 26.4 Å². The van der Waals surface area contributed by atoms with Crippen molar-refractivity contribution in [2.24, 2.45) is 5.73 Å². The first-order chi connectivity index (χ1) is 11.7. The van der Waals surface area contributed by atoms with Gasteiger partial charge in [0.25, 0.3) is 5.91 Å². The number of rotatable bonds is 2. The summed E-state index contributed by atoms with van der Waals surface area (Å²) >= 11 is 0. The molecular weight excluding hydrogens is 324 g/mol. The molecule has 0 aliphatic carbocycles. The first-order valence-electron chi connectivity index (χ1n) is 8.11. The van der Waals surface area contributed by atoms with Crippen molar-refractivity contribution in [1.82, 2.24) is 19.5 Å². The molecule has 3 heterocycles. The number of fused-ring (bicyclic) bond motifs is 1. The Morgan fingerprint density at radius 3 is 2.48 bits per heavy atom. The fourth-order valence-electron chi connectivity index (χ4n) is 2.59. The summed E-state index contributed by atoms with van der Waals surface area (Å²) in [6.07, 6.45) is 2.70. The molecule has 1 fully saturated rings. The van der Waals surface area contributed by atoms with Gasteiger partial charge in [0.05, 0.1) is 5.56 Å². The van der Waals surface area contributed by atoms with Gasteiger partial charge in [0.1, 0.15) is 5.60 Å². The van der Waals surface area contributed by atoms with Crippen LogP contribution < -0.4 is 10.6 Å². The van der Waals surface area contributed by atoms with Crippen LogP contribution in [0.25, 0.3) is 5.65 Å². The van der Waals surface area contributed by atoms with E-state index in [1.807, 2.05) is 26.8 Å². The van der Waals surface area contributed by atoms with Crippen LogP contribution >= 0.6 is 0 Å². The molecule has 0 radical (unpaired) electrons. The highest BCUT2D eigenvalue weighted by Crippen LogP contribution is 2.18. The number of piperazine rings is 1. The lowest BCUT2D eigenvalue weighted by atomic mass is 10.2. The van der Waals surface area contributed by atoms with Gasteiger partial charge in [-0.15, -0.1) is 5.10 Å². The summed E-state index contributed by atoms with van der Waals surface area (Å²) in [5.41, 5.74) is 5.70. The Kier molecular flexibility index (Phi) is 4.23. The Hall–Kier alpha value is -2.84. The van der Waals surface area contributed by atoms with E-state index in [-0.39, 0.29) is 6.09 Å². The van der Waals surface area contributed by atoms with Gasteiger partial charge in [-0.3, -0.25) is 4.79 Å². The molecule has 0 aromatic carbocycles. The molecule has 0 atom stereocenters. The molecule has 1 aliphatic heterocycles. The van der Waals surface area contributed by atoms with Gasteiger partial charge in [0, 0.05) is 44.6 Å². The van der Waals surface area contributed by atoms with Crippen molar-refractivity contribution in [3.63, 3.8) is 0 Å². The minimum Gasteiger partial charge on any atom is -0.444 e. The lowest BCUT2D eigenvalue weighted by Crippen LogP contribution is -2.50. The van der Waals surface area contributed by atoms with Crippen molar-refractivity contribution in [1.29, 1.82) is 0 Å². The molecule has 0 saturated carbocycles. The van der Waals surface area contributed by atoms with Crippen LogP contribution in [-0.4, -0.2) is 63.3 Å². The smallest absolute Gasteiger partial charge is 0.410 e. The van der Waals surface area contributed by atoms with E-state index < -0.39 is 11.5 Å². The van der Waals surface area contributed by atoms with Crippen LogP contribution in [0.1, 0.15) is 31.1 Å². The molecule has 9 nitrogen and oxygen atoms in total. The molecule has 2 aromatic heterocycles. The van der Waals surface area contributed by atoms with Gasteiger partial charge in [0.15, 0.2) is 11.5 Å². The number of ether oxygens (including phenoxy) is 1. The summed E-state index contributed by atoms with van der Waals surface area (Å²) in [4.78, 5) is 31.3. The minimum absolute atomic E-state index is 0.296. The first kappa shape index (κ1) is 17.0. The number of nitrogens with zero attached hydrogens (tertiary/aromatic N) is 5.